The fourth-order valence-corrected chi connectivity index (χ4v) is 1.23. The third-order valence-electron chi connectivity index (χ3n) is 2.41. The van der Waals surface area contributed by atoms with Gasteiger partial charge in [-0.05, 0) is 13.8 Å². The van der Waals surface area contributed by atoms with E-state index in [0.29, 0.717) is 19.2 Å². The maximum absolute atomic E-state index is 13.8. The Labute approximate surface area is 103 Å². The predicted molar refractivity (Wildman–Crippen MR) is 66.7 cm³/mol. The second-order valence-electron chi connectivity index (χ2n) is 4.97. The van der Waals surface area contributed by atoms with Gasteiger partial charge in [0.2, 0.25) is 5.91 Å². The topological polar surface area (TPSA) is 50.4 Å². The zero-order valence-corrected chi connectivity index (χ0v) is 11.5. The Bertz CT molecular complexity index is 233. The zero-order valence-electron chi connectivity index (χ0n) is 11.5. The molecule has 0 saturated carbocycles. The standard InChI is InChI=1S/C12H25FN2O2/c1-9(2)14-6-7-17-12(4,5)11(13)8-15-10(3)16/h9,11,14H,6-8H2,1-5H3,(H,15,16). The molecule has 1 unspecified atom stereocenters. The summed E-state index contributed by atoms with van der Waals surface area (Å²) in [5, 5.41) is 5.64. The maximum Gasteiger partial charge on any atom is 0.216 e. The van der Waals surface area contributed by atoms with Crippen molar-refractivity contribution in [1.29, 1.82) is 0 Å². The van der Waals surface area contributed by atoms with E-state index in [9.17, 15) is 9.18 Å². The van der Waals surface area contributed by atoms with Crippen LogP contribution in [0.1, 0.15) is 34.6 Å². The average Bonchev–Trinajstić information content (AvgIpc) is 2.20. The van der Waals surface area contributed by atoms with Crippen LogP contribution in [0.15, 0.2) is 0 Å². The van der Waals surface area contributed by atoms with Crippen molar-refractivity contribution in [2.24, 2.45) is 0 Å². The van der Waals surface area contributed by atoms with Gasteiger partial charge in [-0.3, -0.25) is 4.79 Å². The van der Waals surface area contributed by atoms with Gasteiger partial charge < -0.3 is 15.4 Å². The minimum absolute atomic E-state index is 0.0139. The van der Waals surface area contributed by atoms with Gasteiger partial charge in [0.05, 0.1) is 18.8 Å². The molecule has 0 heterocycles. The van der Waals surface area contributed by atoms with E-state index in [1.165, 1.54) is 6.92 Å². The average molecular weight is 248 g/mol. The van der Waals surface area contributed by atoms with Crippen LogP contribution in [0.2, 0.25) is 0 Å². The summed E-state index contributed by atoms with van der Waals surface area (Å²) in [6.07, 6.45) is -1.22. The Kier molecular flexibility index (Phi) is 7.30. The number of hydrogen-bond acceptors (Lipinski definition) is 3. The summed E-state index contributed by atoms with van der Waals surface area (Å²) in [6, 6.07) is 0.391. The molecule has 2 N–H and O–H groups in total. The maximum atomic E-state index is 13.8. The van der Waals surface area contributed by atoms with Crippen molar-refractivity contribution in [3.8, 4) is 0 Å². The summed E-state index contributed by atoms with van der Waals surface area (Å²) in [5.41, 5.74) is -0.888. The molecule has 1 atom stereocenters. The Balaban J connectivity index is 3.87. The fraction of sp³-hybridized carbons (Fsp3) is 0.917. The molecule has 5 heteroatoms. The molecule has 0 bridgehead atoms. The van der Waals surface area contributed by atoms with Gasteiger partial charge in [-0.15, -0.1) is 0 Å². The fourth-order valence-electron chi connectivity index (χ4n) is 1.23. The molecule has 0 spiro atoms. The van der Waals surface area contributed by atoms with Gasteiger partial charge in [-0.2, -0.15) is 0 Å². The lowest BCUT2D eigenvalue weighted by Gasteiger charge is -2.29. The zero-order chi connectivity index (χ0) is 13.5. The molecule has 0 aliphatic carbocycles. The first-order valence-electron chi connectivity index (χ1n) is 6.01. The SMILES string of the molecule is CC(=O)NCC(F)C(C)(C)OCCNC(C)C. The van der Waals surface area contributed by atoms with Crippen LogP contribution in [0, 0.1) is 0 Å². The van der Waals surface area contributed by atoms with Gasteiger partial charge in [0.1, 0.15) is 6.17 Å². The first-order chi connectivity index (χ1) is 7.75. The highest BCUT2D eigenvalue weighted by atomic mass is 19.1. The lowest BCUT2D eigenvalue weighted by atomic mass is 10.0. The Hall–Kier alpha value is -0.680. The van der Waals surface area contributed by atoms with Crippen molar-refractivity contribution >= 4 is 5.91 Å². The van der Waals surface area contributed by atoms with E-state index in [1.807, 2.05) is 13.8 Å². The van der Waals surface area contributed by atoms with E-state index in [2.05, 4.69) is 10.6 Å². The lowest BCUT2D eigenvalue weighted by molar-refractivity contribution is -0.120. The second kappa shape index (κ2) is 7.61. The van der Waals surface area contributed by atoms with Crippen LogP contribution in [0.4, 0.5) is 4.39 Å². The third-order valence-corrected chi connectivity index (χ3v) is 2.41. The summed E-state index contributed by atoms with van der Waals surface area (Å²) in [5.74, 6) is -0.232. The van der Waals surface area contributed by atoms with Crippen LogP contribution in [0.25, 0.3) is 0 Å². The molecule has 0 radical (unpaired) electrons. The number of amides is 1. The Morgan fingerprint density at radius 3 is 2.47 bits per heavy atom. The molecular formula is C12H25FN2O2. The number of carbonyl (C=O) groups excluding carboxylic acids is 1. The van der Waals surface area contributed by atoms with Crippen molar-refractivity contribution in [2.75, 3.05) is 19.7 Å². The molecule has 0 aromatic heterocycles. The first-order valence-corrected chi connectivity index (χ1v) is 6.01. The van der Waals surface area contributed by atoms with Crippen molar-refractivity contribution < 1.29 is 13.9 Å². The van der Waals surface area contributed by atoms with Crippen molar-refractivity contribution in [1.82, 2.24) is 10.6 Å². The Morgan fingerprint density at radius 2 is 2.00 bits per heavy atom. The largest absolute Gasteiger partial charge is 0.371 e. The minimum Gasteiger partial charge on any atom is -0.371 e. The number of hydrogen-bond donors (Lipinski definition) is 2. The Morgan fingerprint density at radius 1 is 1.41 bits per heavy atom. The summed E-state index contributed by atoms with van der Waals surface area (Å²) < 4.78 is 19.3. The molecule has 0 aliphatic rings. The molecule has 0 saturated heterocycles. The van der Waals surface area contributed by atoms with E-state index < -0.39 is 11.8 Å². The van der Waals surface area contributed by atoms with E-state index in [1.54, 1.807) is 13.8 Å². The minimum atomic E-state index is -1.22. The molecule has 4 nitrogen and oxygen atoms in total. The highest BCUT2D eigenvalue weighted by Gasteiger charge is 2.30. The van der Waals surface area contributed by atoms with Crippen LogP contribution in [0.3, 0.4) is 0 Å². The van der Waals surface area contributed by atoms with E-state index >= 15 is 0 Å². The summed E-state index contributed by atoms with van der Waals surface area (Å²) in [7, 11) is 0. The molecular weight excluding hydrogens is 223 g/mol. The highest BCUT2D eigenvalue weighted by molar-refractivity contribution is 5.72. The monoisotopic (exact) mass is 248 g/mol. The second-order valence-corrected chi connectivity index (χ2v) is 4.97. The van der Waals surface area contributed by atoms with Gasteiger partial charge in [0, 0.05) is 19.5 Å². The van der Waals surface area contributed by atoms with Crippen LogP contribution in [-0.4, -0.2) is 43.4 Å². The normalized spacial score (nSPS) is 13.8. The van der Waals surface area contributed by atoms with E-state index in [4.69, 9.17) is 4.74 Å². The number of nitrogens with one attached hydrogen (secondary N) is 2. The molecule has 0 rings (SSSR count). The summed E-state index contributed by atoms with van der Waals surface area (Å²) in [4.78, 5) is 10.7. The van der Waals surface area contributed by atoms with Crippen LogP contribution >= 0.6 is 0 Å². The van der Waals surface area contributed by atoms with Crippen molar-refractivity contribution in [2.45, 2.75) is 52.4 Å². The highest BCUT2D eigenvalue weighted by Crippen LogP contribution is 2.17. The van der Waals surface area contributed by atoms with Crippen LogP contribution < -0.4 is 10.6 Å². The molecule has 17 heavy (non-hydrogen) atoms. The van der Waals surface area contributed by atoms with Gasteiger partial charge in [0.25, 0.3) is 0 Å². The third kappa shape index (κ3) is 8.10. The molecule has 0 fully saturated rings. The van der Waals surface area contributed by atoms with Gasteiger partial charge in [-0.25, -0.2) is 4.39 Å². The van der Waals surface area contributed by atoms with Gasteiger partial charge >= 0.3 is 0 Å². The molecule has 0 aliphatic heterocycles. The molecule has 1 amide bonds. The summed E-state index contributed by atoms with van der Waals surface area (Å²) >= 11 is 0. The number of halogens is 1. The van der Waals surface area contributed by atoms with E-state index in [0.717, 1.165) is 0 Å². The van der Waals surface area contributed by atoms with Gasteiger partial charge in [0.15, 0.2) is 0 Å². The number of ether oxygens (including phenoxy) is 1. The first kappa shape index (κ1) is 16.3. The molecule has 0 aromatic rings. The van der Waals surface area contributed by atoms with Gasteiger partial charge in [-0.1, -0.05) is 13.8 Å². The molecule has 0 aromatic carbocycles. The summed E-state index contributed by atoms with van der Waals surface area (Å²) in [6.45, 7) is 9.95. The van der Waals surface area contributed by atoms with Crippen LogP contribution in [0.5, 0.6) is 0 Å². The van der Waals surface area contributed by atoms with Crippen molar-refractivity contribution in [3.05, 3.63) is 0 Å². The van der Waals surface area contributed by atoms with Crippen LogP contribution in [-0.2, 0) is 9.53 Å². The lowest BCUT2D eigenvalue weighted by Crippen LogP contribution is -2.44. The van der Waals surface area contributed by atoms with Crippen molar-refractivity contribution in [3.63, 3.8) is 0 Å². The number of alkyl halides is 1. The predicted octanol–water partition coefficient (Wildman–Crippen LogP) is 1.25. The smallest absolute Gasteiger partial charge is 0.216 e. The van der Waals surface area contributed by atoms with E-state index in [-0.39, 0.29) is 12.5 Å². The quantitative estimate of drug-likeness (QED) is 0.636. The number of rotatable bonds is 8. The number of carbonyl (C=O) groups is 1. The molecule has 102 valence electrons.